The van der Waals surface area contributed by atoms with Crippen LogP contribution in [0, 0.1) is 13.8 Å². The van der Waals surface area contributed by atoms with Gasteiger partial charge in [0.2, 0.25) is 5.91 Å². The van der Waals surface area contributed by atoms with Gasteiger partial charge in [0.05, 0.1) is 5.69 Å². The van der Waals surface area contributed by atoms with E-state index in [1.54, 1.807) is 24.3 Å². The molecule has 3 rings (SSSR count). The monoisotopic (exact) mass is 422 g/mol. The summed E-state index contributed by atoms with van der Waals surface area (Å²) in [5.41, 5.74) is 3.45. The van der Waals surface area contributed by atoms with Crippen LogP contribution in [0.4, 0.5) is 11.4 Å². The number of ether oxygens (including phenoxy) is 1. The van der Waals surface area contributed by atoms with Crippen LogP contribution in [0.5, 0.6) is 5.75 Å². The van der Waals surface area contributed by atoms with E-state index in [4.69, 9.17) is 4.74 Å². The molecule has 0 atom stereocenters. The number of aryl methyl sites for hydroxylation is 2. The van der Waals surface area contributed by atoms with Gasteiger partial charge in [0.15, 0.2) is 6.61 Å². The van der Waals surface area contributed by atoms with Gasteiger partial charge in [-0.3, -0.25) is 14.4 Å². The number of anilines is 2. The number of carbonyl (C=O) groups excluding carboxylic acids is 3. The molecule has 1 aliphatic heterocycles. The lowest BCUT2D eigenvalue weighted by molar-refractivity contribution is -0.123. The van der Waals surface area contributed by atoms with Gasteiger partial charge in [-0.2, -0.15) is 5.10 Å². The van der Waals surface area contributed by atoms with Gasteiger partial charge >= 0.3 is 0 Å². The van der Waals surface area contributed by atoms with Crippen molar-refractivity contribution < 1.29 is 19.1 Å². The second-order valence-corrected chi connectivity index (χ2v) is 7.26. The molecule has 3 amide bonds. The Kier molecular flexibility index (Phi) is 7.02. The third-order valence-electron chi connectivity index (χ3n) is 4.74. The third-order valence-corrected chi connectivity index (χ3v) is 4.74. The average Bonchev–Trinajstić information content (AvgIpc) is 2.75. The second kappa shape index (κ2) is 9.88. The molecule has 2 aromatic rings. The Hall–Kier alpha value is -3.68. The van der Waals surface area contributed by atoms with Crippen molar-refractivity contribution in [3.63, 3.8) is 0 Å². The highest BCUT2D eigenvalue weighted by Gasteiger charge is 2.26. The number of hydrogen-bond donors (Lipinski definition) is 2. The van der Waals surface area contributed by atoms with E-state index in [-0.39, 0.29) is 42.9 Å². The highest BCUT2D eigenvalue weighted by molar-refractivity contribution is 6.44. The fraction of sp³-hybridized carbons (Fsp3) is 0.304. The predicted octanol–water partition coefficient (Wildman–Crippen LogP) is 2.94. The molecule has 2 N–H and O–H groups in total. The summed E-state index contributed by atoms with van der Waals surface area (Å²) in [4.78, 5) is 36.6. The number of carbonyl (C=O) groups is 3. The summed E-state index contributed by atoms with van der Waals surface area (Å²) >= 11 is 0. The van der Waals surface area contributed by atoms with Crippen LogP contribution < -0.4 is 20.4 Å². The van der Waals surface area contributed by atoms with Crippen molar-refractivity contribution in [1.29, 1.82) is 0 Å². The van der Waals surface area contributed by atoms with Crippen LogP contribution in [0.1, 0.15) is 30.9 Å². The van der Waals surface area contributed by atoms with E-state index in [1.807, 2.05) is 39.0 Å². The van der Waals surface area contributed by atoms with Crippen molar-refractivity contribution in [2.24, 2.45) is 5.10 Å². The van der Waals surface area contributed by atoms with Crippen molar-refractivity contribution >= 4 is 34.8 Å². The maximum absolute atomic E-state index is 12.7. The van der Waals surface area contributed by atoms with Gasteiger partial charge in [-0.25, -0.2) is 5.01 Å². The Morgan fingerprint density at radius 1 is 1.10 bits per heavy atom. The minimum absolute atomic E-state index is 0.0708. The Morgan fingerprint density at radius 2 is 1.84 bits per heavy atom. The number of amides is 3. The van der Waals surface area contributed by atoms with Crippen molar-refractivity contribution in [2.45, 2.75) is 33.6 Å². The Balaban J connectivity index is 1.67. The van der Waals surface area contributed by atoms with E-state index in [2.05, 4.69) is 15.7 Å². The molecule has 0 aromatic heterocycles. The average molecular weight is 422 g/mol. The standard InChI is InChI=1S/C23H26N4O4/c1-4-24-21(28)14-31-18-9-7-17(8-10-18)25-23(30)19-11-12-22(29)27(26-19)20-13-15(2)5-6-16(20)3/h5-10,13H,4,11-12,14H2,1-3H3,(H,24,28)(H,25,30). The molecule has 0 spiro atoms. The fourth-order valence-electron chi connectivity index (χ4n) is 3.09. The number of nitrogens with zero attached hydrogens (tertiary/aromatic N) is 2. The SMILES string of the molecule is CCNC(=O)COc1ccc(NC(=O)C2=NN(c3cc(C)ccc3C)C(=O)CC2)cc1. The molecule has 0 unspecified atom stereocenters. The topological polar surface area (TPSA) is 100 Å². The lowest BCUT2D eigenvalue weighted by Crippen LogP contribution is -2.36. The van der Waals surface area contributed by atoms with Crippen LogP contribution in [0.25, 0.3) is 0 Å². The minimum Gasteiger partial charge on any atom is -0.484 e. The summed E-state index contributed by atoms with van der Waals surface area (Å²) in [5, 5.41) is 11.1. The van der Waals surface area contributed by atoms with Gasteiger partial charge in [-0.05, 0) is 62.2 Å². The highest BCUT2D eigenvalue weighted by atomic mass is 16.5. The van der Waals surface area contributed by atoms with Gasteiger partial charge in [0.25, 0.3) is 11.8 Å². The molecular formula is C23H26N4O4. The molecule has 2 aromatic carbocycles. The van der Waals surface area contributed by atoms with E-state index >= 15 is 0 Å². The summed E-state index contributed by atoms with van der Waals surface area (Å²) in [6.07, 6.45) is 0.492. The zero-order chi connectivity index (χ0) is 22.4. The number of nitrogens with one attached hydrogen (secondary N) is 2. The predicted molar refractivity (Wildman–Crippen MR) is 119 cm³/mol. The van der Waals surface area contributed by atoms with Crippen molar-refractivity contribution in [3.05, 3.63) is 53.6 Å². The number of benzene rings is 2. The van der Waals surface area contributed by atoms with Crippen LogP contribution >= 0.6 is 0 Å². The summed E-state index contributed by atoms with van der Waals surface area (Å²) in [6.45, 7) is 6.16. The number of hydrogen-bond acceptors (Lipinski definition) is 5. The van der Waals surface area contributed by atoms with E-state index < -0.39 is 0 Å². The molecule has 0 fully saturated rings. The van der Waals surface area contributed by atoms with E-state index in [0.29, 0.717) is 23.7 Å². The van der Waals surface area contributed by atoms with Crippen LogP contribution in [-0.4, -0.2) is 36.6 Å². The van der Waals surface area contributed by atoms with Crippen molar-refractivity contribution in [3.8, 4) is 5.75 Å². The molecule has 0 saturated heterocycles. The van der Waals surface area contributed by atoms with Crippen molar-refractivity contribution in [1.82, 2.24) is 5.32 Å². The number of likely N-dealkylation sites (N-methyl/N-ethyl adjacent to an activating group) is 1. The molecule has 8 nitrogen and oxygen atoms in total. The summed E-state index contributed by atoms with van der Waals surface area (Å²) in [7, 11) is 0. The van der Waals surface area contributed by atoms with Gasteiger partial charge in [0, 0.05) is 25.1 Å². The quantitative estimate of drug-likeness (QED) is 0.716. The molecule has 31 heavy (non-hydrogen) atoms. The largest absolute Gasteiger partial charge is 0.484 e. The molecule has 0 bridgehead atoms. The Bertz CT molecular complexity index is 1010. The molecule has 0 saturated carbocycles. The summed E-state index contributed by atoms with van der Waals surface area (Å²) in [6, 6.07) is 12.5. The second-order valence-electron chi connectivity index (χ2n) is 7.26. The lowest BCUT2D eigenvalue weighted by Gasteiger charge is -2.24. The summed E-state index contributed by atoms with van der Waals surface area (Å²) < 4.78 is 5.40. The summed E-state index contributed by atoms with van der Waals surface area (Å²) in [5.74, 6) is -0.179. The normalized spacial score (nSPS) is 13.5. The number of rotatable bonds is 7. The van der Waals surface area contributed by atoms with E-state index in [9.17, 15) is 14.4 Å². The molecule has 1 aliphatic rings. The van der Waals surface area contributed by atoms with Crippen LogP contribution in [0.2, 0.25) is 0 Å². The minimum atomic E-state index is -0.362. The van der Waals surface area contributed by atoms with Gasteiger partial charge < -0.3 is 15.4 Å². The first-order valence-corrected chi connectivity index (χ1v) is 10.2. The van der Waals surface area contributed by atoms with Crippen LogP contribution in [-0.2, 0) is 14.4 Å². The van der Waals surface area contributed by atoms with E-state index in [0.717, 1.165) is 11.1 Å². The molecular weight excluding hydrogens is 396 g/mol. The van der Waals surface area contributed by atoms with Gasteiger partial charge in [-0.1, -0.05) is 12.1 Å². The molecule has 162 valence electrons. The van der Waals surface area contributed by atoms with Crippen molar-refractivity contribution in [2.75, 3.05) is 23.5 Å². The number of hydrazone groups is 1. The fourth-order valence-corrected chi connectivity index (χ4v) is 3.09. The van der Waals surface area contributed by atoms with Crippen LogP contribution in [0.3, 0.4) is 0 Å². The lowest BCUT2D eigenvalue weighted by atomic mass is 10.1. The molecule has 1 heterocycles. The Morgan fingerprint density at radius 3 is 2.55 bits per heavy atom. The van der Waals surface area contributed by atoms with Gasteiger partial charge in [0.1, 0.15) is 11.5 Å². The molecule has 0 aliphatic carbocycles. The van der Waals surface area contributed by atoms with Crippen LogP contribution in [0.15, 0.2) is 47.6 Å². The zero-order valence-electron chi connectivity index (χ0n) is 17.9. The first kappa shape index (κ1) is 22.0. The molecule has 0 radical (unpaired) electrons. The highest BCUT2D eigenvalue weighted by Crippen LogP contribution is 2.26. The maximum Gasteiger partial charge on any atom is 0.271 e. The van der Waals surface area contributed by atoms with E-state index in [1.165, 1.54) is 5.01 Å². The van der Waals surface area contributed by atoms with Gasteiger partial charge in [-0.15, -0.1) is 0 Å². The maximum atomic E-state index is 12.7. The first-order chi connectivity index (χ1) is 14.9. The molecule has 8 heteroatoms. The zero-order valence-corrected chi connectivity index (χ0v) is 17.9. The smallest absolute Gasteiger partial charge is 0.271 e. The Labute approximate surface area is 181 Å². The third kappa shape index (κ3) is 5.69. The first-order valence-electron chi connectivity index (χ1n) is 10.2.